The highest BCUT2D eigenvalue weighted by Crippen LogP contribution is 2.19. The Morgan fingerprint density at radius 3 is 2.62 bits per heavy atom. The first-order valence-electron chi connectivity index (χ1n) is 4.69. The number of hydrogen-bond acceptors (Lipinski definition) is 3. The highest BCUT2D eigenvalue weighted by atomic mass is 35.5. The molecule has 0 amide bonds. The van der Waals surface area contributed by atoms with Crippen molar-refractivity contribution < 1.29 is 9.53 Å². The van der Waals surface area contributed by atoms with Crippen LogP contribution in [-0.2, 0) is 9.53 Å². The van der Waals surface area contributed by atoms with Gasteiger partial charge in [-0.25, -0.2) is 0 Å². The van der Waals surface area contributed by atoms with Crippen LogP contribution in [0.4, 0.5) is 0 Å². The zero-order chi connectivity index (χ0) is 8.97. The third-order valence-corrected chi connectivity index (χ3v) is 2.33. The molecule has 0 saturated heterocycles. The number of rotatable bonds is 2. The molecule has 0 spiro atoms. The minimum absolute atomic E-state index is 0. The molecule has 0 heterocycles. The first-order valence-corrected chi connectivity index (χ1v) is 4.69. The van der Waals surface area contributed by atoms with Crippen molar-refractivity contribution in [3.8, 4) is 0 Å². The molecule has 0 aromatic carbocycles. The van der Waals surface area contributed by atoms with Gasteiger partial charge in [-0.1, -0.05) is 13.3 Å². The number of esters is 1. The summed E-state index contributed by atoms with van der Waals surface area (Å²) in [5.74, 6) is -0.127. The van der Waals surface area contributed by atoms with Crippen molar-refractivity contribution in [3.63, 3.8) is 0 Å². The topological polar surface area (TPSA) is 52.3 Å². The quantitative estimate of drug-likeness (QED) is 0.701. The maximum Gasteiger partial charge on any atom is 0.305 e. The second-order valence-corrected chi connectivity index (χ2v) is 3.33. The summed E-state index contributed by atoms with van der Waals surface area (Å²) < 4.78 is 5.19. The third kappa shape index (κ3) is 3.96. The number of nitrogens with two attached hydrogens (primary N) is 1. The number of carbonyl (C=O) groups is 1. The van der Waals surface area contributed by atoms with Gasteiger partial charge in [0, 0.05) is 12.5 Å². The molecule has 4 heteroatoms. The van der Waals surface area contributed by atoms with Crippen LogP contribution in [0.25, 0.3) is 0 Å². The first-order chi connectivity index (χ1) is 5.74. The van der Waals surface area contributed by atoms with E-state index < -0.39 is 0 Å². The van der Waals surface area contributed by atoms with Crippen LogP contribution in [0.5, 0.6) is 0 Å². The molecule has 0 radical (unpaired) electrons. The van der Waals surface area contributed by atoms with Gasteiger partial charge in [0.15, 0.2) is 0 Å². The molecule has 2 unspecified atom stereocenters. The zero-order valence-electron chi connectivity index (χ0n) is 7.99. The second-order valence-electron chi connectivity index (χ2n) is 3.33. The minimum Gasteiger partial charge on any atom is -0.461 e. The van der Waals surface area contributed by atoms with Crippen molar-refractivity contribution in [2.75, 3.05) is 0 Å². The van der Waals surface area contributed by atoms with E-state index in [1.54, 1.807) is 6.92 Å². The number of ether oxygens (including phenoxy) is 1. The van der Waals surface area contributed by atoms with E-state index in [4.69, 9.17) is 10.5 Å². The third-order valence-electron chi connectivity index (χ3n) is 2.33. The van der Waals surface area contributed by atoms with Crippen LogP contribution in [0.3, 0.4) is 0 Å². The molecule has 2 atom stereocenters. The maximum absolute atomic E-state index is 10.9. The van der Waals surface area contributed by atoms with Gasteiger partial charge in [-0.15, -0.1) is 12.4 Å². The van der Waals surface area contributed by atoms with E-state index in [1.165, 1.54) is 6.42 Å². The molecule has 1 saturated carbocycles. The Labute approximate surface area is 85.4 Å². The highest BCUT2D eigenvalue weighted by molar-refractivity contribution is 5.85. The SMILES string of the molecule is CCC(=O)OC1CCCCC1N.Cl. The number of hydrogen-bond donors (Lipinski definition) is 1. The molecule has 1 aliphatic carbocycles. The van der Waals surface area contributed by atoms with Crippen molar-refractivity contribution in [2.24, 2.45) is 5.73 Å². The molecule has 78 valence electrons. The molecule has 0 aromatic heterocycles. The summed E-state index contributed by atoms with van der Waals surface area (Å²) in [6.07, 6.45) is 4.65. The lowest BCUT2D eigenvalue weighted by Gasteiger charge is -2.27. The molecule has 13 heavy (non-hydrogen) atoms. The fourth-order valence-corrected chi connectivity index (χ4v) is 1.52. The summed E-state index contributed by atoms with van der Waals surface area (Å²) in [6.45, 7) is 1.80. The number of halogens is 1. The zero-order valence-corrected chi connectivity index (χ0v) is 8.81. The van der Waals surface area contributed by atoms with Gasteiger partial charge in [-0.05, 0) is 19.3 Å². The molecule has 1 fully saturated rings. The van der Waals surface area contributed by atoms with E-state index >= 15 is 0 Å². The maximum atomic E-state index is 10.9. The van der Waals surface area contributed by atoms with Gasteiger partial charge >= 0.3 is 5.97 Å². The van der Waals surface area contributed by atoms with Gasteiger partial charge in [-0.3, -0.25) is 4.79 Å². The van der Waals surface area contributed by atoms with Crippen LogP contribution in [0.15, 0.2) is 0 Å². The standard InChI is InChI=1S/C9H17NO2.ClH/c1-2-9(11)12-8-6-4-3-5-7(8)10;/h7-8H,2-6,10H2,1H3;1H. The van der Waals surface area contributed by atoms with Crippen molar-refractivity contribution in [3.05, 3.63) is 0 Å². The van der Waals surface area contributed by atoms with Gasteiger partial charge in [0.2, 0.25) is 0 Å². The fraction of sp³-hybridized carbons (Fsp3) is 0.889. The first kappa shape index (κ1) is 12.7. The average molecular weight is 208 g/mol. The van der Waals surface area contributed by atoms with Crippen LogP contribution in [0.1, 0.15) is 39.0 Å². The summed E-state index contributed by atoms with van der Waals surface area (Å²) >= 11 is 0. The molecule has 0 aromatic rings. The van der Waals surface area contributed by atoms with E-state index in [0.29, 0.717) is 6.42 Å². The lowest BCUT2D eigenvalue weighted by molar-refractivity contribution is -0.151. The van der Waals surface area contributed by atoms with Crippen molar-refractivity contribution in [1.29, 1.82) is 0 Å². The Hall–Kier alpha value is -0.280. The normalized spacial score (nSPS) is 27.5. The summed E-state index contributed by atoms with van der Waals surface area (Å²) in [7, 11) is 0. The van der Waals surface area contributed by atoms with Gasteiger partial charge in [-0.2, -0.15) is 0 Å². The second kappa shape index (κ2) is 6.22. The van der Waals surface area contributed by atoms with Gasteiger partial charge in [0.1, 0.15) is 6.10 Å². The smallest absolute Gasteiger partial charge is 0.305 e. The van der Waals surface area contributed by atoms with Crippen LogP contribution in [0, 0.1) is 0 Å². The van der Waals surface area contributed by atoms with E-state index in [1.807, 2.05) is 0 Å². The Balaban J connectivity index is 0.00000144. The molecule has 2 N–H and O–H groups in total. The molecular weight excluding hydrogens is 190 g/mol. The van der Waals surface area contributed by atoms with Gasteiger partial charge in [0.25, 0.3) is 0 Å². The Bertz CT molecular complexity index is 164. The summed E-state index contributed by atoms with van der Waals surface area (Å²) in [5, 5.41) is 0. The molecule has 0 aliphatic heterocycles. The molecular formula is C9H18ClNO2. The molecule has 0 bridgehead atoms. The monoisotopic (exact) mass is 207 g/mol. The van der Waals surface area contributed by atoms with E-state index in [9.17, 15) is 4.79 Å². The summed E-state index contributed by atoms with van der Waals surface area (Å²) in [4.78, 5) is 10.9. The summed E-state index contributed by atoms with van der Waals surface area (Å²) in [5.41, 5.74) is 5.80. The van der Waals surface area contributed by atoms with Crippen molar-refractivity contribution in [1.82, 2.24) is 0 Å². The average Bonchev–Trinajstić information content (AvgIpc) is 2.09. The predicted octanol–water partition coefficient (Wildman–Crippen LogP) is 1.63. The van der Waals surface area contributed by atoms with Gasteiger partial charge in [0.05, 0.1) is 0 Å². The number of carbonyl (C=O) groups excluding carboxylic acids is 1. The fourth-order valence-electron chi connectivity index (χ4n) is 1.52. The lowest BCUT2D eigenvalue weighted by Crippen LogP contribution is -2.40. The highest BCUT2D eigenvalue weighted by Gasteiger charge is 2.24. The Kier molecular flexibility index (Phi) is 6.08. The van der Waals surface area contributed by atoms with E-state index in [0.717, 1.165) is 19.3 Å². The van der Waals surface area contributed by atoms with Crippen LogP contribution < -0.4 is 5.73 Å². The minimum atomic E-state index is -0.127. The predicted molar refractivity (Wildman–Crippen MR) is 53.9 cm³/mol. The largest absolute Gasteiger partial charge is 0.461 e. The van der Waals surface area contributed by atoms with Crippen molar-refractivity contribution >= 4 is 18.4 Å². The summed E-state index contributed by atoms with van der Waals surface area (Å²) in [6, 6.07) is 0.0641. The molecule has 1 aliphatic rings. The lowest BCUT2D eigenvalue weighted by atomic mass is 9.93. The van der Waals surface area contributed by atoms with Gasteiger partial charge < -0.3 is 10.5 Å². The molecule has 1 rings (SSSR count). The van der Waals surface area contributed by atoms with Crippen LogP contribution in [-0.4, -0.2) is 18.1 Å². The van der Waals surface area contributed by atoms with E-state index in [2.05, 4.69) is 0 Å². The molecule has 3 nitrogen and oxygen atoms in total. The van der Waals surface area contributed by atoms with Crippen molar-refractivity contribution in [2.45, 2.75) is 51.2 Å². The van der Waals surface area contributed by atoms with E-state index in [-0.39, 0.29) is 30.5 Å². The Morgan fingerprint density at radius 2 is 2.08 bits per heavy atom. The van der Waals surface area contributed by atoms with Crippen LogP contribution in [0.2, 0.25) is 0 Å². The Morgan fingerprint density at radius 1 is 1.46 bits per heavy atom. The van der Waals surface area contributed by atoms with Crippen LogP contribution >= 0.6 is 12.4 Å².